The molecule has 90 valence electrons. The van der Waals surface area contributed by atoms with Gasteiger partial charge in [-0.05, 0) is 6.07 Å². The topological polar surface area (TPSA) is 113 Å². The second kappa shape index (κ2) is 5.01. The van der Waals surface area contributed by atoms with E-state index in [-0.39, 0.29) is 5.56 Å². The van der Waals surface area contributed by atoms with E-state index in [0.717, 1.165) is 19.1 Å². The number of rotatable bonds is 4. The van der Waals surface area contributed by atoms with Gasteiger partial charge in [0.15, 0.2) is 0 Å². The standard InChI is InChI=1S/C9H8N2O6/c1-6(12)17-5-7-8(10(13)14)3-2-4-9(7)11(15)16/h2-4H,5H2,1H3. The Hall–Kier alpha value is -2.51. The van der Waals surface area contributed by atoms with Gasteiger partial charge in [0.25, 0.3) is 11.4 Å². The Morgan fingerprint density at radius 3 is 2.06 bits per heavy atom. The van der Waals surface area contributed by atoms with Crippen molar-refractivity contribution in [3.8, 4) is 0 Å². The maximum atomic E-state index is 10.7. The predicted octanol–water partition coefficient (Wildman–Crippen LogP) is 1.57. The third-order valence-electron chi connectivity index (χ3n) is 1.94. The number of nitro groups is 2. The molecule has 1 aromatic carbocycles. The van der Waals surface area contributed by atoms with Gasteiger partial charge in [-0.15, -0.1) is 0 Å². The molecule has 0 fully saturated rings. The van der Waals surface area contributed by atoms with Gasteiger partial charge in [-0.25, -0.2) is 0 Å². The SMILES string of the molecule is CC(=O)OCc1c([N+](=O)[O-])cccc1[N+](=O)[O-]. The highest BCUT2D eigenvalue weighted by molar-refractivity contribution is 5.66. The van der Waals surface area contributed by atoms with Gasteiger partial charge < -0.3 is 4.74 Å². The van der Waals surface area contributed by atoms with Crippen LogP contribution in [-0.2, 0) is 16.1 Å². The van der Waals surface area contributed by atoms with Gasteiger partial charge in [0, 0.05) is 19.1 Å². The van der Waals surface area contributed by atoms with E-state index in [9.17, 15) is 25.0 Å². The molecule has 0 unspecified atom stereocenters. The van der Waals surface area contributed by atoms with Crippen LogP contribution in [0.2, 0.25) is 0 Å². The first-order valence-corrected chi connectivity index (χ1v) is 4.47. The molecule has 8 nitrogen and oxygen atoms in total. The number of carbonyl (C=O) groups excluding carboxylic acids is 1. The Morgan fingerprint density at radius 2 is 1.71 bits per heavy atom. The molecule has 0 amide bonds. The Kier molecular flexibility index (Phi) is 3.70. The summed E-state index contributed by atoms with van der Waals surface area (Å²) in [5.41, 5.74) is -1.11. The van der Waals surface area contributed by atoms with E-state index in [1.165, 1.54) is 6.07 Å². The summed E-state index contributed by atoms with van der Waals surface area (Å²) in [5, 5.41) is 21.4. The molecule has 17 heavy (non-hydrogen) atoms. The predicted molar refractivity (Wildman–Crippen MR) is 55.2 cm³/mol. The number of hydrogen-bond donors (Lipinski definition) is 0. The number of carbonyl (C=O) groups is 1. The zero-order valence-electron chi connectivity index (χ0n) is 8.78. The molecule has 0 spiro atoms. The van der Waals surface area contributed by atoms with Crippen LogP contribution in [0.3, 0.4) is 0 Å². The highest BCUT2D eigenvalue weighted by Gasteiger charge is 2.25. The van der Waals surface area contributed by atoms with Crippen molar-refractivity contribution in [2.75, 3.05) is 0 Å². The molecule has 0 aliphatic rings. The molecule has 0 bridgehead atoms. The van der Waals surface area contributed by atoms with Crippen LogP contribution in [0.1, 0.15) is 12.5 Å². The fraction of sp³-hybridized carbons (Fsp3) is 0.222. The molecule has 0 N–H and O–H groups in total. The molecule has 0 aliphatic carbocycles. The van der Waals surface area contributed by atoms with Crippen molar-refractivity contribution in [2.24, 2.45) is 0 Å². The second-order valence-corrected chi connectivity index (χ2v) is 3.07. The van der Waals surface area contributed by atoms with Crippen LogP contribution >= 0.6 is 0 Å². The van der Waals surface area contributed by atoms with Crippen molar-refractivity contribution in [3.63, 3.8) is 0 Å². The molecule has 0 aromatic heterocycles. The van der Waals surface area contributed by atoms with Crippen molar-refractivity contribution in [3.05, 3.63) is 44.0 Å². The quantitative estimate of drug-likeness (QED) is 0.448. The molecular formula is C9H8N2O6. The van der Waals surface area contributed by atoms with Crippen LogP contribution in [0, 0.1) is 20.2 Å². The summed E-state index contributed by atoms with van der Waals surface area (Å²) in [5.74, 6) is -0.669. The largest absolute Gasteiger partial charge is 0.460 e. The first kappa shape index (κ1) is 12.6. The molecule has 0 aliphatic heterocycles. The lowest BCUT2D eigenvalue weighted by Crippen LogP contribution is -2.05. The van der Waals surface area contributed by atoms with E-state index in [1.807, 2.05) is 0 Å². The third kappa shape index (κ3) is 2.97. The van der Waals surface area contributed by atoms with E-state index < -0.39 is 33.8 Å². The van der Waals surface area contributed by atoms with Crippen LogP contribution in [0.5, 0.6) is 0 Å². The van der Waals surface area contributed by atoms with Gasteiger partial charge in [-0.2, -0.15) is 0 Å². The normalized spacial score (nSPS) is 9.71. The summed E-state index contributed by atoms with van der Waals surface area (Å²) >= 11 is 0. The lowest BCUT2D eigenvalue weighted by atomic mass is 10.1. The third-order valence-corrected chi connectivity index (χ3v) is 1.94. The maximum Gasteiger partial charge on any atom is 0.302 e. The minimum Gasteiger partial charge on any atom is -0.460 e. The van der Waals surface area contributed by atoms with Crippen LogP contribution in [0.4, 0.5) is 11.4 Å². The van der Waals surface area contributed by atoms with Crippen molar-refractivity contribution in [2.45, 2.75) is 13.5 Å². The minimum atomic E-state index is -0.758. The van der Waals surface area contributed by atoms with E-state index >= 15 is 0 Å². The van der Waals surface area contributed by atoms with Crippen LogP contribution in [0.15, 0.2) is 18.2 Å². The number of esters is 1. The summed E-state index contributed by atoms with van der Waals surface area (Å²) < 4.78 is 4.56. The van der Waals surface area contributed by atoms with Gasteiger partial charge in [0.05, 0.1) is 9.85 Å². The highest BCUT2D eigenvalue weighted by Crippen LogP contribution is 2.28. The number of hydrogen-bond acceptors (Lipinski definition) is 6. The molecular weight excluding hydrogens is 232 g/mol. The van der Waals surface area contributed by atoms with Crippen LogP contribution in [0.25, 0.3) is 0 Å². The average molecular weight is 240 g/mol. The Balaban J connectivity index is 3.23. The van der Waals surface area contributed by atoms with Crippen LogP contribution in [-0.4, -0.2) is 15.8 Å². The molecule has 1 aromatic rings. The zero-order chi connectivity index (χ0) is 13.0. The number of ether oxygens (including phenoxy) is 1. The fourth-order valence-electron chi connectivity index (χ4n) is 1.23. The second-order valence-electron chi connectivity index (χ2n) is 3.07. The minimum absolute atomic E-state index is 0.224. The van der Waals surface area contributed by atoms with E-state index in [0.29, 0.717) is 0 Å². The number of benzene rings is 1. The van der Waals surface area contributed by atoms with E-state index in [1.54, 1.807) is 0 Å². The number of nitro benzene ring substituents is 2. The molecule has 0 atom stereocenters. The monoisotopic (exact) mass is 240 g/mol. The van der Waals surface area contributed by atoms with Gasteiger partial charge in [-0.1, -0.05) is 0 Å². The van der Waals surface area contributed by atoms with E-state index in [2.05, 4.69) is 4.74 Å². The van der Waals surface area contributed by atoms with Crippen molar-refractivity contribution in [1.82, 2.24) is 0 Å². The first-order chi connectivity index (χ1) is 7.93. The first-order valence-electron chi connectivity index (χ1n) is 4.47. The van der Waals surface area contributed by atoms with Crippen molar-refractivity contribution < 1.29 is 19.4 Å². The molecule has 0 heterocycles. The zero-order valence-corrected chi connectivity index (χ0v) is 8.78. The van der Waals surface area contributed by atoms with Gasteiger partial charge >= 0.3 is 5.97 Å². The van der Waals surface area contributed by atoms with Crippen LogP contribution < -0.4 is 0 Å². The summed E-state index contributed by atoms with van der Waals surface area (Å²) in [4.78, 5) is 30.5. The van der Waals surface area contributed by atoms with Crippen molar-refractivity contribution in [1.29, 1.82) is 0 Å². The molecule has 0 saturated carbocycles. The van der Waals surface area contributed by atoms with Crippen molar-refractivity contribution >= 4 is 17.3 Å². The summed E-state index contributed by atoms with van der Waals surface area (Å²) in [6, 6.07) is 3.44. The molecule has 1 rings (SSSR count). The summed E-state index contributed by atoms with van der Waals surface area (Å²) in [6.07, 6.45) is 0. The lowest BCUT2D eigenvalue weighted by molar-refractivity contribution is -0.396. The van der Waals surface area contributed by atoms with Gasteiger partial charge in [0.1, 0.15) is 12.2 Å². The highest BCUT2D eigenvalue weighted by atomic mass is 16.6. The smallest absolute Gasteiger partial charge is 0.302 e. The summed E-state index contributed by atoms with van der Waals surface area (Å²) in [6.45, 7) is 0.614. The summed E-state index contributed by atoms with van der Waals surface area (Å²) in [7, 11) is 0. The van der Waals surface area contributed by atoms with E-state index in [4.69, 9.17) is 0 Å². The molecule has 0 saturated heterocycles. The Morgan fingerprint density at radius 1 is 1.24 bits per heavy atom. The average Bonchev–Trinajstić information content (AvgIpc) is 2.25. The van der Waals surface area contributed by atoms with Gasteiger partial charge in [-0.3, -0.25) is 25.0 Å². The van der Waals surface area contributed by atoms with Gasteiger partial charge in [0.2, 0.25) is 0 Å². The number of nitrogens with zero attached hydrogens (tertiary/aromatic N) is 2. The molecule has 8 heteroatoms. The molecule has 0 radical (unpaired) electrons. The Labute approximate surface area is 95.1 Å². The lowest BCUT2D eigenvalue weighted by Gasteiger charge is -2.04. The Bertz CT molecular complexity index is 452. The maximum absolute atomic E-state index is 10.7. The fourth-order valence-corrected chi connectivity index (χ4v) is 1.23.